The molecule has 0 bridgehead atoms. The van der Waals surface area contributed by atoms with Crippen LogP contribution in [0.2, 0.25) is 0 Å². The molecule has 0 spiro atoms. The van der Waals surface area contributed by atoms with E-state index in [0.717, 1.165) is 62.4 Å². The molecule has 1 saturated heterocycles. The third-order valence-electron chi connectivity index (χ3n) is 8.25. The quantitative estimate of drug-likeness (QED) is 0.127. The van der Waals surface area contributed by atoms with Crippen molar-refractivity contribution in [3.8, 4) is 0 Å². The van der Waals surface area contributed by atoms with E-state index in [0.29, 0.717) is 11.9 Å². The van der Waals surface area contributed by atoms with Crippen molar-refractivity contribution in [1.82, 2.24) is 4.90 Å². The number of halogens is 3. The minimum atomic E-state index is -0.251. The number of ketones is 1. The number of alkyl halides is 1. The van der Waals surface area contributed by atoms with Gasteiger partial charge in [0.2, 0.25) is 0 Å². The van der Waals surface area contributed by atoms with Gasteiger partial charge in [-0.05, 0) is 87.5 Å². The van der Waals surface area contributed by atoms with Gasteiger partial charge in [0, 0.05) is 39.4 Å². The third kappa shape index (κ3) is 7.68. The molecule has 0 aliphatic carbocycles. The second kappa shape index (κ2) is 14.9. The topological polar surface area (TPSA) is 59.0 Å². The zero-order valence-corrected chi connectivity index (χ0v) is 29.7. The van der Waals surface area contributed by atoms with Crippen LogP contribution in [0, 0.1) is 0 Å². The summed E-state index contributed by atoms with van der Waals surface area (Å²) in [5, 5.41) is 5.01. The Kier molecular flexibility index (Phi) is 10.5. The summed E-state index contributed by atoms with van der Waals surface area (Å²) in [7, 11) is 0. The van der Waals surface area contributed by atoms with Gasteiger partial charge >= 0.3 is 6.09 Å². The molecule has 2 heterocycles. The molecule has 7 rings (SSSR count). The lowest BCUT2D eigenvalue weighted by Crippen LogP contribution is -2.40. The first kappa shape index (κ1) is 32.4. The zero-order chi connectivity index (χ0) is 32.0. The Balaban J connectivity index is 0.000000208. The van der Waals surface area contributed by atoms with Crippen molar-refractivity contribution in [3.05, 3.63) is 135 Å². The molecule has 1 atom stereocenters. The molecule has 0 radical (unpaired) electrons. The number of benzene rings is 5. The standard InChI is InChI=1S/C26H23BrN2O2.C12H8Br2O/c27-23-11-10-19-13-20(8-9-21(19)14-23)22-15-24(28-16-22)25-7-4-12-29(25)26(30)31-17-18-5-2-1-3-6-18;13-7-12(15)10-2-1-9-6-11(14)4-3-8(9)5-10/h1-3,5-6,8-11,13-14,16,25H,4,7,12,15,17H2;1-6H,7H2/t25-;/m0./s1. The number of ether oxygens (including phenoxy) is 1. The van der Waals surface area contributed by atoms with Crippen LogP contribution in [0.25, 0.3) is 27.1 Å². The average molecular weight is 803 g/mol. The summed E-state index contributed by atoms with van der Waals surface area (Å²) >= 11 is 10.1. The van der Waals surface area contributed by atoms with Gasteiger partial charge in [-0.3, -0.25) is 14.7 Å². The largest absolute Gasteiger partial charge is 0.445 e. The molecule has 0 unspecified atom stereocenters. The highest BCUT2D eigenvalue weighted by atomic mass is 79.9. The second-order valence-electron chi connectivity index (χ2n) is 11.3. The van der Waals surface area contributed by atoms with Gasteiger partial charge in [0.05, 0.1) is 11.4 Å². The molecule has 2 aliphatic heterocycles. The summed E-state index contributed by atoms with van der Waals surface area (Å²) < 4.78 is 7.72. The van der Waals surface area contributed by atoms with Gasteiger partial charge in [-0.1, -0.05) is 115 Å². The SMILES string of the molecule is O=C(CBr)c1ccc2cc(Br)ccc2c1.O=C(OCc1ccccc1)N1CCC[C@H]1C1=NC=C(c2ccc3cc(Br)ccc3c2)C1. The molecule has 5 aromatic carbocycles. The van der Waals surface area contributed by atoms with Crippen molar-refractivity contribution < 1.29 is 14.3 Å². The van der Waals surface area contributed by atoms with Crippen LogP contribution >= 0.6 is 47.8 Å². The van der Waals surface area contributed by atoms with Crippen molar-refractivity contribution >= 4 is 92.5 Å². The Labute approximate surface area is 293 Å². The summed E-state index contributed by atoms with van der Waals surface area (Å²) in [5.74, 6) is 0.111. The van der Waals surface area contributed by atoms with Gasteiger partial charge in [0.1, 0.15) is 6.61 Å². The normalized spacial score (nSPS) is 15.7. The Hall–Kier alpha value is -3.59. The summed E-state index contributed by atoms with van der Waals surface area (Å²) in [6, 6.07) is 34.4. The Bertz CT molecular complexity index is 1970. The van der Waals surface area contributed by atoms with E-state index in [-0.39, 0.29) is 17.9 Å². The fraction of sp³-hybridized carbons (Fsp3) is 0.184. The van der Waals surface area contributed by atoms with Gasteiger partial charge < -0.3 is 4.74 Å². The lowest BCUT2D eigenvalue weighted by molar-refractivity contribution is 0.0990. The van der Waals surface area contributed by atoms with Crippen LogP contribution < -0.4 is 0 Å². The smallest absolute Gasteiger partial charge is 0.410 e. The van der Waals surface area contributed by atoms with Crippen LogP contribution in [-0.2, 0) is 11.3 Å². The summed E-state index contributed by atoms with van der Waals surface area (Å²) in [6.07, 6.45) is 4.39. The summed E-state index contributed by atoms with van der Waals surface area (Å²) in [5.41, 5.74) is 5.19. The van der Waals surface area contributed by atoms with E-state index in [2.05, 4.69) is 84.2 Å². The Morgan fingerprint density at radius 1 is 0.804 bits per heavy atom. The van der Waals surface area contributed by atoms with E-state index < -0.39 is 0 Å². The van der Waals surface area contributed by atoms with E-state index in [1.54, 1.807) is 0 Å². The fourth-order valence-corrected chi connectivity index (χ4v) is 6.93. The van der Waals surface area contributed by atoms with Gasteiger partial charge in [-0.25, -0.2) is 4.79 Å². The minimum Gasteiger partial charge on any atom is -0.445 e. The summed E-state index contributed by atoms with van der Waals surface area (Å²) in [6.45, 7) is 1.02. The van der Waals surface area contributed by atoms with Gasteiger partial charge in [-0.2, -0.15) is 0 Å². The fourth-order valence-electron chi connectivity index (χ4n) is 5.85. The van der Waals surface area contributed by atoms with E-state index in [1.165, 1.54) is 21.9 Å². The van der Waals surface area contributed by atoms with Crippen molar-refractivity contribution in [1.29, 1.82) is 0 Å². The maximum absolute atomic E-state index is 12.7. The Morgan fingerprint density at radius 2 is 1.46 bits per heavy atom. The first-order valence-electron chi connectivity index (χ1n) is 15.1. The number of likely N-dealkylation sites (tertiary alicyclic amines) is 1. The zero-order valence-electron chi connectivity index (χ0n) is 25.0. The molecule has 0 saturated carbocycles. The maximum Gasteiger partial charge on any atom is 0.410 e. The Morgan fingerprint density at radius 3 is 2.17 bits per heavy atom. The number of carbonyl (C=O) groups is 2. The van der Waals surface area contributed by atoms with Crippen molar-refractivity contribution in [2.24, 2.45) is 4.99 Å². The molecule has 0 N–H and O–H groups in total. The molecule has 2 aliphatic rings. The average Bonchev–Trinajstić information content (AvgIpc) is 3.78. The van der Waals surface area contributed by atoms with E-state index >= 15 is 0 Å². The number of amides is 1. The van der Waals surface area contributed by atoms with E-state index in [9.17, 15) is 9.59 Å². The molecule has 232 valence electrons. The molecule has 46 heavy (non-hydrogen) atoms. The molecular weight excluding hydrogens is 772 g/mol. The van der Waals surface area contributed by atoms with Crippen LogP contribution in [0.3, 0.4) is 0 Å². The lowest BCUT2D eigenvalue weighted by Gasteiger charge is -2.24. The van der Waals surface area contributed by atoms with Crippen LogP contribution in [-0.4, -0.2) is 40.4 Å². The second-order valence-corrected chi connectivity index (χ2v) is 13.7. The highest BCUT2D eigenvalue weighted by Crippen LogP contribution is 2.32. The maximum atomic E-state index is 12.7. The lowest BCUT2D eigenvalue weighted by atomic mass is 9.97. The predicted molar refractivity (Wildman–Crippen MR) is 198 cm³/mol. The minimum absolute atomic E-state index is 0.0217. The molecule has 1 fully saturated rings. The number of nitrogens with zero attached hydrogens (tertiary/aromatic N) is 2. The number of rotatable bonds is 6. The predicted octanol–water partition coefficient (Wildman–Crippen LogP) is 10.8. The van der Waals surface area contributed by atoms with Crippen LogP contribution in [0.4, 0.5) is 4.79 Å². The summed E-state index contributed by atoms with van der Waals surface area (Å²) in [4.78, 5) is 30.8. The molecule has 5 nitrogen and oxygen atoms in total. The molecule has 1 amide bonds. The van der Waals surface area contributed by atoms with Crippen molar-refractivity contribution in [3.63, 3.8) is 0 Å². The number of hydrogen-bond acceptors (Lipinski definition) is 4. The van der Waals surface area contributed by atoms with Crippen LogP contribution in [0.15, 0.2) is 123 Å². The number of hydrogen-bond donors (Lipinski definition) is 0. The molecular formula is C38H31Br3N2O3. The number of Topliss-reactive ketones (excluding diaryl/α,β-unsaturated/α-hetero) is 1. The van der Waals surface area contributed by atoms with Gasteiger partial charge in [0.25, 0.3) is 0 Å². The van der Waals surface area contributed by atoms with Crippen LogP contribution in [0.1, 0.15) is 40.7 Å². The van der Waals surface area contributed by atoms with Gasteiger partial charge in [0.15, 0.2) is 5.78 Å². The van der Waals surface area contributed by atoms with E-state index in [4.69, 9.17) is 9.73 Å². The first-order valence-corrected chi connectivity index (χ1v) is 17.8. The van der Waals surface area contributed by atoms with Crippen LogP contribution in [0.5, 0.6) is 0 Å². The van der Waals surface area contributed by atoms with Crippen molar-refractivity contribution in [2.45, 2.75) is 31.9 Å². The third-order valence-corrected chi connectivity index (χ3v) is 9.75. The number of aliphatic imine (C=N–C) groups is 1. The van der Waals surface area contributed by atoms with Gasteiger partial charge in [-0.15, -0.1) is 0 Å². The number of allylic oxidation sites excluding steroid dienone is 1. The van der Waals surface area contributed by atoms with Crippen molar-refractivity contribution in [2.75, 3.05) is 11.9 Å². The highest BCUT2D eigenvalue weighted by Gasteiger charge is 2.34. The highest BCUT2D eigenvalue weighted by molar-refractivity contribution is 9.10. The molecule has 5 aromatic rings. The van der Waals surface area contributed by atoms with E-state index in [1.807, 2.05) is 77.8 Å². The number of carbonyl (C=O) groups excluding carboxylic acids is 2. The monoisotopic (exact) mass is 800 g/mol. The molecule has 8 heteroatoms. The molecule has 0 aromatic heterocycles. The number of fused-ring (bicyclic) bond motifs is 2. The first-order chi connectivity index (χ1) is 22.4.